The summed E-state index contributed by atoms with van der Waals surface area (Å²) in [5, 5.41) is 4.09. The smallest absolute Gasteiger partial charge is 0.315 e. The molecule has 0 bridgehead atoms. The molecule has 1 heterocycles. The molecule has 1 N–H and O–H groups in total. The van der Waals surface area contributed by atoms with Crippen molar-refractivity contribution < 1.29 is 22.3 Å². The number of carbonyl (C=O) groups is 1. The fourth-order valence-corrected chi connectivity index (χ4v) is 16.5. The Balaban J connectivity index is 1.10. The van der Waals surface area contributed by atoms with E-state index in [4.69, 9.17) is 4.74 Å². The van der Waals surface area contributed by atoms with E-state index in [-0.39, 0.29) is 38.4 Å². The first-order valence-electron chi connectivity index (χ1n) is 22.3. The molecule has 2 unspecified atom stereocenters. The Kier molecular flexibility index (Phi) is 11.1. The number of fused-ring (bicyclic) bond motifs is 7. The Morgan fingerprint density at radius 3 is 2.27 bits per heavy atom. The predicted molar refractivity (Wildman–Crippen MR) is 222 cm³/mol. The van der Waals surface area contributed by atoms with Crippen LogP contribution in [0.2, 0.25) is 0 Å². The predicted octanol–water partition coefficient (Wildman–Crippen LogP) is 9.66. The summed E-state index contributed by atoms with van der Waals surface area (Å²) in [6.07, 6.45) is 20.6. The second-order valence-corrected chi connectivity index (χ2v) is 23.6. The van der Waals surface area contributed by atoms with Gasteiger partial charge in [-0.1, -0.05) is 58.9 Å². The lowest BCUT2D eigenvalue weighted by molar-refractivity contribution is -0.221. The molecule has 0 aromatic rings. The van der Waals surface area contributed by atoms with Crippen molar-refractivity contribution in [2.24, 2.45) is 56.7 Å². The lowest BCUT2D eigenvalue weighted by Crippen LogP contribution is -2.68. The molecule has 1 aliphatic heterocycles. The molecule has 0 aromatic carbocycles. The molecular formula is C47H75FN2O4S. The first kappa shape index (κ1) is 41.6. The van der Waals surface area contributed by atoms with E-state index in [0.717, 1.165) is 51.9 Å². The van der Waals surface area contributed by atoms with Crippen molar-refractivity contribution in [1.82, 2.24) is 10.2 Å². The van der Waals surface area contributed by atoms with Crippen molar-refractivity contribution in [3.63, 3.8) is 0 Å². The third-order valence-corrected chi connectivity index (χ3v) is 20.3. The summed E-state index contributed by atoms with van der Waals surface area (Å²) in [4.78, 5) is 15.3. The molecule has 10 atom stereocenters. The van der Waals surface area contributed by atoms with Crippen LogP contribution in [0, 0.1) is 56.7 Å². The number of esters is 1. The number of nitrogens with zero attached hydrogens (tertiary/aromatic N) is 1. The second-order valence-electron chi connectivity index (χ2n) is 21.3. The van der Waals surface area contributed by atoms with Gasteiger partial charge in [0.25, 0.3) is 0 Å². The molecule has 7 rings (SSSR count). The molecule has 0 spiro atoms. The van der Waals surface area contributed by atoms with Gasteiger partial charge in [-0.05, 0) is 179 Å². The highest BCUT2D eigenvalue weighted by atomic mass is 32.2. The van der Waals surface area contributed by atoms with E-state index in [9.17, 15) is 17.6 Å². The fraction of sp³-hybridized carbons (Fsp3) is 0.851. The molecule has 5 fully saturated rings. The van der Waals surface area contributed by atoms with E-state index < -0.39 is 21.9 Å². The first-order valence-corrected chi connectivity index (χ1v) is 24.2. The highest BCUT2D eigenvalue weighted by Crippen LogP contribution is 2.76. The van der Waals surface area contributed by atoms with Crippen LogP contribution >= 0.6 is 0 Å². The summed E-state index contributed by atoms with van der Waals surface area (Å²) in [5.74, 6) is 2.73. The van der Waals surface area contributed by atoms with Crippen LogP contribution in [0.3, 0.4) is 0 Å². The van der Waals surface area contributed by atoms with Gasteiger partial charge in [0.2, 0.25) is 0 Å². The van der Waals surface area contributed by atoms with Crippen molar-refractivity contribution in [2.75, 3.05) is 45.7 Å². The minimum absolute atomic E-state index is 0.0137. The van der Waals surface area contributed by atoms with Crippen LogP contribution in [0.15, 0.2) is 35.5 Å². The largest absolute Gasteiger partial charge is 0.465 e. The highest BCUT2D eigenvalue weighted by Gasteiger charge is 2.70. The van der Waals surface area contributed by atoms with Gasteiger partial charge in [0.1, 0.15) is 16.5 Å². The number of ether oxygens (including phenoxy) is 1. The second kappa shape index (κ2) is 14.6. The van der Waals surface area contributed by atoms with Crippen molar-refractivity contribution in [3.8, 4) is 0 Å². The lowest BCUT2D eigenvalue weighted by atomic mass is 9.33. The molecule has 55 heavy (non-hydrogen) atoms. The van der Waals surface area contributed by atoms with E-state index in [1.54, 1.807) is 6.92 Å². The van der Waals surface area contributed by atoms with Crippen molar-refractivity contribution >= 4 is 15.8 Å². The molecular weight excluding hydrogens is 708 g/mol. The number of rotatable bonds is 10. The van der Waals surface area contributed by atoms with Crippen LogP contribution < -0.4 is 5.32 Å². The van der Waals surface area contributed by atoms with Crippen molar-refractivity contribution in [2.45, 2.75) is 149 Å². The normalized spacial score (nSPS) is 43.3. The number of carbonyl (C=O) groups excluding carboxylic acids is 1. The number of likely N-dealkylation sites (tertiary alicyclic amines) is 1. The van der Waals surface area contributed by atoms with E-state index >= 15 is 0 Å². The average Bonchev–Trinajstić information content (AvgIpc) is 3.52. The Hall–Kier alpha value is -1.51. The van der Waals surface area contributed by atoms with E-state index in [2.05, 4.69) is 70.5 Å². The molecule has 0 amide bonds. The van der Waals surface area contributed by atoms with Crippen LogP contribution in [0.4, 0.5) is 4.39 Å². The molecule has 4 saturated carbocycles. The number of hydrogen-bond donors (Lipinski definition) is 1. The summed E-state index contributed by atoms with van der Waals surface area (Å²) in [5.41, 5.74) is 4.08. The van der Waals surface area contributed by atoms with Crippen LogP contribution in [0.1, 0.15) is 138 Å². The molecule has 6 nitrogen and oxygen atoms in total. The van der Waals surface area contributed by atoms with Crippen LogP contribution in [0.5, 0.6) is 0 Å². The zero-order valence-corrected chi connectivity index (χ0v) is 36.7. The maximum atomic E-state index is 14.4. The zero-order chi connectivity index (χ0) is 39.8. The first-order chi connectivity index (χ1) is 25.8. The van der Waals surface area contributed by atoms with Gasteiger partial charge in [-0.2, -0.15) is 0 Å². The number of alkyl halides is 1. The van der Waals surface area contributed by atoms with Crippen LogP contribution in [0.25, 0.3) is 0 Å². The summed E-state index contributed by atoms with van der Waals surface area (Å²) < 4.78 is 44.0. The third kappa shape index (κ3) is 6.59. The Labute approximate surface area is 334 Å². The number of sulfone groups is 1. The molecule has 0 aromatic heterocycles. The maximum Gasteiger partial charge on any atom is 0.315 e. The van der Waals surface area contributed by atoms with Gasteiger partial charge < -0.3 is 15.0 Å². The molecule has 6 aliphatic carbocycles. The van der Waals surface area contributed by atoms with E-state index in [1.165, 1.54) is 74.3 Å². The van der Waals surface area contributed by atoms with Gasteiger partial charge >= 0.3 is 5.97 Å². The Morgan fingerprint density at radius 1 is 0.927 bits per heavy atom. The van der Waals surface area contributed by atoms with Crippen molar-refractivity contribution in [1.29, 1.82) is 0 Å². The van der Waals surface area contributed by atoms with Gasteiger partial charge in [-0.15, -0.1) is 0 Å². The molecule has 310 valence electrons. The van der Waals surface area contributed by atoms with E-state index in [0.29, 0.717) is 49.0 Å². The SMILES string of the molecule is C=C(C)[C@@H]1CC[C@]2(NCCN3CCC(S(C)(=O)=O)CC3)CC[C@]3(C)[C@H](CC[C@@H]4C5(C)CC=C(C6=CCC(CF)(C(=O)OCC)CC6)C(C)(C)[C@@H]5CC[C@]43C)[C@@H]12. The fourth-order valence-electron chi connectivity index (χ4n) is 15.4. The maximum absolute atomic E-state index is 14.4. The lowest BCUT2D eigenvalue weighted by Gasteiger charge is -2.72. The number of halogens is 1. The standard InChI is InChI=1S/C47H75FN2O4S/c1-10-54-41(51)46(31-48)22-13-33(14-23-46)36-16-20-43(6)38(42(36,4)5)17-21-45(8)39(43)12-11-37-40-35(32(2)3)15-24-47(40,26-25-44(37,45)7)49-27-30-50-28-18-34(19-29-50)55(9,52)53/h13,16,34-35,37-40,49H,2,10-12,14-15,17-31H2,1,3-9H3/t35-,37+,38-,39+,40+,43?,44+,45+,46?,47-/m0/s1. The molecule has 7 aliphatic rings. The summed E-state index contributed by atoms with van der Waals surface area (Å²) in [7, 11) is -2.96. The van der Waals surface area contributed by atoms with Gasteiger partial charge in [-0.3, -0.25) is 4.79 Å². The Bertz CT molecular complexity index is 1680. The minimum atomic E-state index is -2.96. The number of allylic oxidation sites excluding steroid dienone is 5. The van der Waals surface area contributed by atoms with Gasteiger partial charge in [-0.25, -0.2) is 12.8 Å². The summed E-state index contributed by atoms with van der Waals surface area (Å²) >= 11 is 0. The summed E-state index contributed by atoms with van der Waals surface area (Å²) in [6.45, 7) is 25.2. The number of piperidine rings is 1. The van der Waals surface area contributed by atoms with Gasteiger partial charge in [0, 0.05) is 24.9 Å². The van der Waals surface area contributed by atoms with E-state index in [1.807, 2.05) is 0 Å². The van der Waals surface area contributed by atoms with Crippen LogP contribution in [-0.4, -0.2) is 75.8 Å². The van der Waals surface area contributed by atoms with Gasteiger partial charge in [0.15, 0.2) is 0 Å². The number of hydrogen-bond acceptors (Lipinski definition) is 6. The monoisotopic (exact) mass is 783 g/mol. The van der Waals surface area contributed by atoms with Crippen molar-refractivity contribution in [3.05, 3.63) is 35.5 Å². The average molecular weight is 783 g/mol. The highest BCUT2D eigenvalue weighted by molar-refractivity contribution is 7.91. The summed E-state index contributed by atoms with van der Waals surface area (Å²) in [6, 6.07) is 0. The third-order valence-electron chi connectivity index (χ3n) is 18.6. The minimum Gasteiger partial charge on any atom is -0.465 e. The topological polar surface area (TPSA) is 75.7 Å². The Morgan fingerprint density at radius 2 is 1.65 bits per heavy atom. The molecule has 0 radical (unpaired) electrons. The van der Waals surface area contributed by atoms with Crippen LogP contribution in [-0.2, 0) is 19.4 Å². The number of nitrogens with one attached hydrogen (secondary N) is 1. The molecule has 1 saturated heterocycles. The quantitative estimate of drug-likeness (QED) is 0.176. The zero-order valence-electron chi connectivity index (χ0n) is 35.8. The van der Waals surface area contributed by atoms with Gasteiger partial charge in [0.05, 0.1) is 17.3 Å². The molecule has 8 heteroatoms.